The molecule has 10 nitrogen and oxygen atoms in total. The molecule has 5 rings (SSSR count). The Hall–Kier alpha value is -4.44. The van der Waals surface area contributed by atoms with Gasteiger partial charge in [-0.2, -0.15) is 0 Å². The molecule has 0 radical (unpaired) electrons. The number of hydrogen-bond acceptors (Lipinski definition) is 7. The van der Waals surface area contributed by atoms with Crippen molar-refractivity contribution in [3.05, 3.63) is 72.1 Å². The highest BCUT2D eigenvalue weighted by molar-refractivity contribution is 6.20. The predicted molar refractivity (Wildman–Crippen MR) is 175 cm³/mol. The number of nitrogens with zero attached hydrogens (tertiary/aromatic N) is 5. The van der Waals surface area contributed by atoms with Gasteiger partial charge in [-0.1, -0.05) is 12.1 Å². The molecule has 3 heterocycles. The third-order valence-corrected chi connectivity index (χ3v) is 8.68. The summed E-state index contributed by atoms with van der Waals surface area (Å²) in [5.41, 5.74) is 3.38. The van der Waals surface area contributed by atoms with E-state index in [-0.39, 0.29) is 17.7 Å². The molecule has 0 aliphatic carbocycles. The third kappa shape index (κ3) is 6.81. The Morgan fingerprint density at radius 2 is 1.69 bits per heavy atom. The molecule has 0 bridgehead atoms. The molecule has 0 fully saturated rings. The van der Waals surface area contributed by atoms with Gasteiger partial charge in [-0.15, -0.1) is 0 Å². The summed E-state index contributed by atoms with van der Waals surface area (Å²) in [5, 5.41) is 0. The summed E-state index contributed by atoms with van der Waals surface area (Å²) >= 11 is 0. The van der Waals surface area contributed by atoms with Gasteiger partial charge >= 0.3 is 0 Å². The maximum Gasteiger partial charge on any atom is 0.242 e. The van der Waals surface area contributed by atoms with Crippen LogP contribution in [-0.2, 0) is 27.3 Å². The molecule has 1 aromatic heterocycles. The number of methoxy groups -OCH3 is 1. The van der Waals surface area contributed by atoms with Crippen molar-refractivity contribution >= 4 is 34.8 Å². The molecule has 0 saturated heterocycles. The van der Waals surface area contributed by atoms with Crippen molar-refractivity contribution in [3.63, 3.8) is 0 Å². The van der Waals surface area contributed by atoms with Crippen LogP contribution in [0.2, 0.25) is 0 Å². The van der Waals surface area contributed by atoms with E-state index in [0.29, 0.717) is 56.3 Å². The molecule has 238 valence electrons. The summed E-state index contributed by atoms with van der Waals surface area (Å²) in [6, 6.07) is 15.5. The lowest BCUT2D eigenvalue weighted by atomic mass is 9.90. The first kappa shape index (κ1) is 32.0. The number of aromatic nitrogens is 1. The number of fused-ring (bicyclic) bond motifs is 2. The Morgan fingerprint density at radius 1 is 0.911 bits per heavy atom. The van der Waals surface area contributed by atoms with Crippen molar-refractivity contribution in [2.45, 2.75) is 46.6 Å². The number of carbonyl (C=O) groups excluding carboxylic acids is 3. The SMILES string of the molecule is CCN1C(=O)C(C)(C)C(=O)N(C)c2cc(OCCCN(CCN3C(=O)CCc4ccc(OC)cc43)Cc3cccnc3)ccc21. The second-order valence-corrected chi connectivity index (χ2v) is 12.1. The average Bonchev–Trinajstić information content (AvgIpc) is 3.10. The first-order valence-electron chi connectivity index (χ1n) is 15.6. The van der Waals surface area contributed by atoms with Gasteiger partial charge in [0.2, 0.25) is 17.7 Å². The quantitative estimate of drug-likeness (QED) is 0.216. The molecular formula is C35H43N5O5. The number of hydrogen-bond donors (Lipinski definition) is 0. The third-order valence-electron chi connectivity index (χ3n) is 8.68. The van der Waals surface area contributed by atoms with E-state index in [1.54, 1.807) is 44.0 Å². The van der Waals surface area contributed by atoms with Gasteiger partial charge in [0, 0.05) is 70.7 Å². The van der Waals surface area contributed by atoms with E-state index >= 15 is 0 Å². The van der Waals surface area contributed by atoms with Crippen LogP contribution in [0, 0.1) is 5.41 Å². The van der Waals surface area contributed by atoms with Crippen LogP contribution in [-0.4, -0.2) is 74.5 Å². The van der Waals surface area contributed by atoms with Gasteiger partial charge in [-0.25, -0.2) is 0 Å². The molecule has 45 heavy (non-hydrogen) atoms. The fourth-order valence-electron chi connectivity index (χ4n) is 6.10. The van der Waals surface area contributed by atoms with E-state index in [1.807, 2.05) is 60.5 Å². The van der Waals surface area contributed by atoms with Crippen molar-refractivity contribution in [2.75, 3.05) is 61.6 Å². The smallest absolute Gasteiger partial charge is 0.242 e. The number of pyridine rings is 1. The topological polar surface area (TPSA) is 95.5 Å². The fraction of sp³-hybridized carbons (Fsp3) is 0.429. The van der Waals surface area contributed by atoms with Gasteiger partial charge in [-0.05, 0) is 69.0 Å². The van der Waals surface area contributed by atoms with Gasteiger partial charge in [-0.3, -0.25) is 24.3 Å². The van der Waals surface area contributed by atoms with Crippen molar-refractivity contribution in [2.24, 2.45) is 5.41 Å². The Bertz CT molecular complexity index is 1540. The number of anilines is 3. The Labute approximate surface area is 265 Å². The van der Waals surface area contributed by atoms with E-state index in [4.69, 9.17) is 9.47 Å². The van der Waals surface area contributed by atoms with Gasteiger partial charge in [0.1, 0.15) is 16.9 Å². The second-order valence-electron chi connectivity index (χ2n) is 12.1. The monoisotopic (exact) mass is 613 g/mol. The lowest BCUT2D eigenvalue weighted by Gasteiger charge is -2.32. The molecule has 10 heteroatoms. The average molecular weight is 614 g/mol. The second kappa shape index (κ2) is 13.7. The Balaban J connectivity index is 1.25. The highest BCUT2D eigenvalue weighted by Gasteiger charge is 2.45. The summed E-state index contributed by atoms with van der Waals surface area (Å²) in [4.78, 5) is 51.1. The van der Waals surface area contributed by atoms with Crippen LogP contribution in [0.3, 0.4) is 0 Å². The van der Waals surface area contributed by atoms with Crippen molar-refractivity contribution in [1.82, 2.24) is 9.88 Å². The zero-order valence-corrected chi connectivity index (χ0v) is 26.9. The van der Waals surface area contributed by atoms with E-state index in [9.17, 15) is 14.4 Å². The van der Waals surface area contributed by atoms with Crippen molar-refractivity contribution < 1.29 is 23.9 Å². The van der Waals surface area contributed by atoms with E-state index in [1.165, 1.54) is 0 Å². The molecule has 0 saturated carbocycles. The van der Waals surface area contributed by atoms with Gasteiger partial charge in [0.05, 0.1) is 30.8 Å². The summed E-state index contributed by atoms with van der Waals surface area (Å²) in [7, 11) is 3.34. The maximum atomic E-state index is 13.2. The molecular weight excluding hydrogens is 570 g/mol. The number of amides is 3. The zero-order valence-electron chi connectivity index (χ0n) is 26.9. The maximum absolute atomic E-state index is 13.2. The highest BCUT2D eigenvalue weighted by atomic mass is 16.5. The zero-order chi connectivity index (χ0) is 32.1. The van der Waals surface area contributed by atoms with Crippen LogP contribution in [0.4, 0.5) is 17.1 Å². The minimum absolute atomic E-state index is 0.124. The fourth-order valence-corrected chi connectivity index (χ4v) is 6.10. The van der Waals surface area contributed by atoms with Crippen LogP contribution in [0.25, 0.3) is 0 Å². The summed E-state index contributed by atoms with van der Waals surface area (Å²) < 4.78 is 11.6. The predicted octanol–water partition coefficient (Wildman–Crippen LogP) is 4.70. The van der Waals surface area contributed by atoms with Gasteiger partial charge in [0.15, 0.2) is 0 Å². The number of benzene rings is 2. The number of ether oxygens (including phenoxy) is 2. The van der Waals surface area contributed by atoms with Crippen LogP contribution < -0.4 is 24.2 Å². The molecule has 3 amide bonds. The molecule has 2 aliphatic rings. The minimum atomic E-state index is -1.16. The molecule has 0 spiro atoms. The number of carbonyl (C=O) groups is 3. The normalized spacial score (nSPS) is 16.0. The van der Waals surface area contributed by atoms with Crippen molar-refractivity contribution in [3.8, 4) is 11.5 Å². The first-order chi connectivity index (χ1) is 21.6. The largest absolute Gasteiger partial charge is 0.497 e. The Morgan fingerprint density at radius 3 is 2.42 bits per heavy atom. The molecule has 3 aromatic rings. The number of aryl methyl sites for hydroxylation is 1. The van der Waals surface area contributed by atoms with Crippen LogP contribution in [0.5, 0.6) is 11.5 Å². The van der Waals surface area contributed by atoms with Gasteiger partial charge < -0.3 is 24.2 Å². The standard InChI is InChI=1S/C35H43N5O5/c1-6-39-29-14-13-28(22-31(29)37(4)33(42)35(2,3)34(39)43)45-20-8-17-38(24-25-9-7-16-36-23-25)18-19-40-30-21-27(44-5)12-10-26(30)11-15-32(40)41/h7,9-10,12-14,16,21-23H,6,8,11,15,17-20,24H2,1-5H3. The van der Waals surface area contributed by atoms with Crippen LogP contribution in [0.15, 0.2) is 60.9 Å². The van der Waals surface area contributed by atoms with Crippen molar-refractivity contribution in [1.29, 1.82) is 0 Å². The lowest BCUT2D eigenvalue weighted by molar-refractivity contribution is -0.137. The molecule has 0 atom stereocenters. The van der Waals surface area contributed by atoms with Crippen LogP contribution in [0.1, 0.15) is 44.7 Å². The van der Waals surface area contributed by atoms with E-state index < -0.39 is 5.41 Å². The molecule has 2 aliphatic heterocycles. The number of rotatable bonds is 12. The minimum Gasteiger partial charge on any atom is -0.497 e. The summed E-state index contributed by atoms with van der Waals surface area (Å²) in [6.45, 7) is 8.87. The Kier molecular flexibility index (Phi) is 9.72. The van der Waals surface area contributed by atoms with E-state index in [2.05, 4.69) is 16.0 Å². The molecule has 2 aromatic carbocycles. The van der Waals surface area contributed by atoms with E-state index in [0.717, 1.165) is 42.0 Å². The highest BCUT2D eigenvalue weighted by Crippen LogP contribution is 2.40. The first-order valence-corrected chi connectivity index (χ1v) is 15.6. The summed E-state index contributed by atoms with van der Waals surface area (Å²) in [5.74, 6) is 1.04. The van der Waals surface area contributed by atoms with Gasteiger partial charge in [0.25, 0.3) is 0 Å². The summed E-state index contributed by atoms with van der Waals surface area (Å²) in [6.07, 6.45) is 5.62. The molecule has 0 N–H and O–H groups in total. The molecule has 0 unspecified atom stereocenters. The lowest BCUT2D eigenvalue weighted by Crippen LogP contribution is -2.47. The van der Waals surface area contributed by atoms with Crippen LogP contribution >= 0.6 is 0 Å².